The summed E-state index contributed by atoms with van der Waals surface area (Å²) in [6.45, 7) is 0. The third-order valence-electron chi connectivity index (χ3n) is 1.93. The van der Waals surface area contributed by atoms with Gasteiger partial charge in [0, 0.05) is 12.4 Å². The summed E-state index contributed by atoms with van der Waals surface area (Å²) in [5.74, 6) is 0.615. The molecule has 0 radical (unpaired) electrons. The van der Waals surface area contributed by atoms with Crippen molar-refractivity contribution in [2.75, 3.05) is 0 Å². The van der Waals surface area contributed by atoms with Crippen molar-refractivity contribution in [2.24, 2.45) is 4.99 Å². The molecule has 1 atom stereocenters. The Bertz CT molecular complexity index is 428. The van der Waals surface area contributed by atoms with Gasteiger partial charge in [-0.05, 0) is 18.6 Å². The smallest absolute Gasteiger partial charge is 0.154 e. The van der Waals surface area contributed by atoms with Gasteiger partial charge in [-0.2, -0.15) is 5.26 Å². The SMILES string of the molecule is N#Cc1ccnc(C2CC=CC=N2)n1. The summed E-state index contributed by atoms with van der Waals surface area (Å²) < 4.78 is 0. The van der Waals surface area contributed by atoms with Crippen LogP contribution in [0.5, 0.6) is 0 Å². The first kappa shape index (κ1) is 8.57. The molecule has 0 bridgehead atoms. The van der Waals surface area contributed by atoms with Gasteiger partial charge in [-0.3, -0.25) is 4.99 Å². The molecule has 0 aromatic carbocycles. The Balaban J connectivity index is 2.28. The van der Waals surface area contributed by atoms with Crippen LogP contribution in [0.4, 0.5) is 0 Å². The van der Waals surface area contributed by atoms with E-state index in [2.05, 4.69) is 15.0 Å². The van der Waals surface area contributed by atoms with Gasteiger partial charge in [0.15, 0.2) is 5.82 Å². The fraction of sp³-hybridized carbons (Fsp3) is 0.200. The maximum absolute atomic E-state index is 8.67. The number of nitriles is 1. The largest absolute Gasteiger partial charge is 0.281 e. The minimum Gasteiger partial charge on any atom is -0.281 e. The summed E-state index contributed by atoms with van der Waals surface area (Å²) in [7, 11) is 0. The second-order valence-electron chi connectivity index (χ2n) is 2.89. The number of allylic oxidation sites excluding steroid dienone is 1. The van der Waals surface area contributed by atoms with Crippen LogP contribution >= 0.6 is 0 Å². The number of dihydropyridines is 1. The molecule has 1 aliphatic rings. The number of aliphatic imine (C=N–C) groups is 1. The lowest BCUT2D eigenvalue weighted by Crippen LogP contribution is -2.04. The fourth-order valence-electron chi connectivity index (χ4n) is 1.25. The van der Waals surface area contributed by atoms with Gasteiger partial charge in [0.2, 0.25) is 0 Å². The van der Waals surface area contributed by atoms with Crippen molar-refractivity contribution in [1.29, 1.82) is 5.26 Å². The van der Waals surface area contributed by atoms with Crippen LogP contribution in [0.1, 0.15) is 24.0 Å². The molecule has 0 saturated heterocycles. The normalized spacial score (nSPS) is 19.2. The molecule has 1 unspecified atom stereocenters. The molecule has 1 aromatic heterocycles. The molecule has 2 heterocycles. The van der Waals surface area contributed by atoms with Gasteiger partial charge in [-0.15, -0.1) is 0 Å². The number of nitrogens with zero attached hydrogens (tertiary/aromatic N) is 4. The lowest BCUT2D eigenvalue weighted by atomic mass is 10.1. The van der Waals surface area contributed by atoms with Crippen molar-refractivity contribution in [3.63, 3.8) is 0 Å². The van der Waals surface area contributed by atoms with Gasteiger partial charge < -0.3 is 0 Å². The zero-order valence-corrected chi connectivity index (χ0v) is 7.46. The summed E-state index contributed by atoms with van der Waals surface area (Å²) >= 11 is 0. The molecule has 2 rings (SSSR count). The van der Waals surface area contributed by atoms with Crippen LogP contribution in [0, 0.1) is 11.3 Å². The lowest BCUT2D eigenvalue weighted by Gasteiger charge is -2.10. The number of hydrogen-bond acceptors (Lipinski definition) is 4. The molecule has 0 spiro atoms. The van der Waals surface area contributed by atoms with E-state index in [1.54, 1.807) is 18.5 Å². The molecule has 4 heteroatoms. The van der Waals surface area contributed by atoms with Crippen LogP contribution in [0.2, 0.25) is 0 Å². The zero-order chi connectivity index (χ0) is 9.80. The first-order valence-electron chi connectivity index (χ1n) is 4.31. The molecule has 0 amide bonds. The Hall–Kier alpha value is -2.02. The highest BCUT2D eigenvalue weighted by Gasteiger charge is 2.12. The van der Waals surface area contributed by atoms with E-state index in [4.69, 9.17) is 5.26 Å². The Kier molecular flexibility index (Phi) is 2.32. The van der Waals surface area contributed by atoms with Crippen LogP contribution in [0.15, 0.2) is 29.4 Å². The highest BCUT2D eigenvalue weighted by atomic mass is 14.9. The molecule has 0 fully saturated rings. The summed E-state index contributed by atoms with van der Waals surface area (Å²) in [4.78, 5) is 12.4. The number of hydrogen-bond donors (Lipinski definition) is 0. The molecule has 68 valence electrons. The van der Waals surface area contributed by atoms with Crippen LogP contribution in [0.25, 0.3) is 0 Å². The monoisotopic (exact) mass is 184 g/mol. The molecule has 14 heavy (non-hydrogen) atoms. The summed E-state index contributed by atoms with van der Waals surface area (Å²) in [6, 6.07) is 3.54. The maximum Gasteiger partial charge on any atom is 0.154 e. The van der Waals surface area contributed by atoms with E-state index >= 15 is 0 Å². The molecule has 1 aliphatic heterocycles. The molecular weight excluding hydrogens is 176 g/mol. The Labute approximate surface area is 81.7 Å². The summed E-state index contributed by atoms with van der Waals surface area (Å²) in [5.41, 5.74) is 0.389. The molecule has 1 aromatic rings. The Morgan fingerprint density at radius 2 is 2.43 bits per heavy atom. The van der Waals surface area contributed by atoms with Crippen LogP contribution in [-0.4, -0.2) is 16.2 Å². The van der Waals surface area contributed by atoms with Crippen molar-refractivity contribution >= 4 is 6.21 Å². The molecular formula is C10H8N4. The highest BCUT2D eigenvalue weighted by molar-refractivity contribution is 5.72. The van der Waals surface area contributed by atoms with Crippen LogP contribution in [0.3, 0.4) is 0 Å². The van der Waals surface area contributed by atoms with Crippen molar-refractivity contribution < 1.29 is 0 Å². The van der Waals surface area contributed by atoms with Crippen molar-refractivity contribution in [3.8, 4) is 6.07 Å². The second-order valence-corrected chi connectivity index (χ2v) is 2.89. The first-order chi connectivity index (χ1) is 6.90. The molecule has 0 N–H and O–H groups in total. The van der Waals surface area contributed by atoms with E-state index in [0.29, 0.717) is 11.5 Å². The van der Waals surface area contributed by atoms with Crippen LogP contribution < -0.4 is 0 Å². The van der Waals surface area contributed by atoms with Crippen molar-refractivity contribution in [2.45, 2.75) is 12.5 Å². The average Bonchev–Trinajstić information content (AvgIpc) is 2.30. The molecule has 0 aliphatic carbocycles. The first-order valence-corrected chi connectivity index (χ1v) is 4.31. The van der Waals surface area contributed by atoms with Crippen LogP contribution in [-0.2, 0) is 0 Å². The van der Waals surface area contributed by atoms with Gasteiger partial charge in [0.25, 0.3) is 0 Å². The fourth-order valence-corrected chi connectivity index (χ4v) is 1.25. The van der Waals surface area contributed by atoms with Gasteiger partial charge in [0.1, 0.15) is 17.8 Å². The van der Waals surface area contributed by atoms with Crippen molar-refractivity contribution in [1.82, 2.24) is 9.97 Å². The standard InChI is InChI=1S/C10H8N4/c11-7-8-4-6-13-10(14-8)9-3-1-2-5-12-9/h1-2,4-6,9H,3H2. The molecule has 0 saturated carbocycles. The number of aromatic nitrogens is 2. The predicted molar refractivity (Wildman–Crippen MR) is 51.7 cm³/mol. The van der Waals surface area contributed by atoms with E-state index in [0.717, 1.165) is 6.42 Å². The Morgan fingerprint density at radius 3 is 3.14 bits per heavy atom. The van der Waals surface area contributed by atoms with Gasteiger partial charge in [-0.1, -0.05) is 6.08 Å². The Morgan fingerprint density at radius 1 is 1.50 bits per heavy atom. The third kappa shape index (κ3) is 1.67. The van der Waals surface area contributed by atoms with E-state index in [9.17, 15) is 0 Å². The average molecular weight is 184 g/mol. The maximum atomic E-state index is 8.67. The quantitative estimate of drug-likeness (QED) is 0.663. The summed E-state index contributed by atoms with van der Waals surface area (Å²) in [6.07, 6.45) is 8.03. The topological polar surface area (TPSA) is 61.9 Å². The van der Waals surface area contributed by atoms with E-state index in [1.807, 2.05) is 18.2 Å². The zero-order valence-electron chi connectivity index (χ0n) is 7.46. The number of rotatable bonds is 1. The minimum absolute atomic E-state index is 0.0340. The lowest BCUT2D eigenvalue weighted by molar-refractivity contribution is 0.680. The van der Waals surface area contributed by atoms with Gasteiger partial charge in [-0.25, -0.2) is 9.97 Å². The predicted octanol–water partition coefficient (Wildman–Crippen LogP) is 1.42. The van der Waals surface area contributed by atoms with E-state index in [-0.39, 0.29) is 6.04 Å². The third-order valence-corrected chi connectivity index (χ3v) is 1.93. The summed E-state index contributed by atoms with van der Waals surface area (Å²) in [5, 5.41) is 8.67. The highest BCUT2D eigenvalue weighted by Crippen LogP contribution is 2.19. The molecule has 4 nitrogen and oxygen atoms in total. The van der Waals surface area contributed by atoms with Gasteiger partial charge >= 0.3 is 0 Å². The van der Waals surface area contributed by atoms with E-state index < -0.39 is 0 Å². The second kappa shape index (κ2) is 3.79. The van der Waals surface area contributed by atoms with Crippen molar-refractivity contribution in [3.05, 3.63) is 35.9 Å². The van der Waals surface area contributed by atoms with E-state index in [1.165, 1.54) is 0 Å². The minimum atomic E-state index is -0.0340. The van der Waals surface area contributed by atoms with Gasteiger partial charge in [0.05, 0.1) is 0 Å².